The molecule has 2 atom stereocenters. The van der Waals surface area contributed by atoms with Crippen LogP contribution in [0, 0.1) is 5.41 Å². The van der Waals surface area contributed by atoms with Crippen LogP contribution in [-0.2, 0) is 25.5 Å². The second-order valence-corrected chi connectivity index (χ2v) is 7.54. The number of esters is 2. The first-order valence-electron chi connectivity index (χ1n) is 8.51. The molecule has 1 aliphatic carbocycles. The van der Waals surface area contributed by atoms with Gasteiger partial charge in [-0.25, -0.2) is 0 Å². The number of carbonyl (C=O) groups excluding carboxylic acids is 2. The van der Waals surface area contributed by atoms with Gasteiger partial charge in [0.25, 0.3) is 0 Å². The summed E-state index contributed by atoms with van der Waals surface area (Å²) in [7, 11) is 0. The number of cyclic esters (lactones) is 1. The molecule has 0 amide bonds. The molecule has 2 aromatic carbocycles. The molecule has 0 bridgehead atoms. The van der Waals surface area contributed by atoms with Gasteiger partial charge >= 0.3 is 11.9 Å². The summed E-state index contributed by atoms with van der Waals surface area (Å²) in [5.41, 5.74) is 2.12. The normalized spacial score (nSPS) is 23.9. The Morgan fingerprint density at radius 3 is 2.62 bits per heavy atom. The Labute approximate surface area is 165 Å². The van der Waals surface area contributed by atoms with Gasteiger partial charge in [0.05, 0.1) is 6.61 Å². The zero-order valence-electron chi connectivity index (χ0n) is 14.2. The molecule has 0 saturated heterocycles. The molecule has 5 heteroatoms. The third kappa shape index (κ3) is 2.40. The second kappa shape index (κ2) is 6.54. The number of halogens is 1. The number of rotatable bonds is 3. The number of carbonyl (C=O) groups is 2. The summed E-state index contributed by atoms with van der Waals surface area (Å²) in [5, 5.41) is 0. The SMILES string of the molecule is CCOC(=O)[C@]12Cc3ccccc3C1=C(I)[C@H](c1ccccc1)OC2=O. The van der Waals surface area contributed by atoms with Crippen molar-refractivity contribution < 1.29 is 19.1 Å². The molecule has 2 aromatic rings. The van der Waals surface area contributed by atoms with Crippen molar-refractivity contribution in [3.8, 4) is 0 Å². The fraction of sp³-hybridized carbons (Fsp3) is 0.238. The first kappa shape index (κ1) is 17.3. The minimum atomic E-state index is -1.40. The van der Waals surface area contributed by atoms with Crippen LogP contribution in [0.2, 0.25) is 0 Å². The average molecular weight is 460 g/mol. The van der Waals surface area contributed by atoms with Crippen molar-refractivity contribution in [1.29, 1.82) is 0 Å². The van der Waals surface area contributed by atoms with E-state index in [0.29, 0.717) is 0 Å². The molecule has 0 unspecified atom stereocenters. The Balaban J connectivity index is 1.95. The van der Waals surface area contributed by atoms with Crippen molar-refractivity contribution in [2.75, 3.05) is 6.61 Å². The predicted octanol–water partition coefficient (Wildman–Crippen LogP) is 4.24. The van der Waals surface area contributed by atoms with Gasteiger partial charge in [0.2, 0.25) is 0 Å². The summed E-state index contributed by atoms with van der Waals surface area (Å²) in [6.45, 7) is 1.96. The number of benzene rings is 2. The number of ether oxygens (including phenoxy) is 2. The first-order valence-corrected chi connectivity index (χ1v) is 9.59. The van der Waals surface area contributed by atoms with E-state index in [1.54, 1.807) is 6.92 Å². The topological polar surface area (TPSA) is 52.6 Å². The van der Waals surface area contributed by atoms with E-state index in [9.17, 15) is 9.59 Å². The van der Waals surface area contributed by atoms with Crippen molar-refractivity contribution in [3.05, 3.63) is 74.9 Å². The third-order valence-corrected chi connectivity index (χ3v) is 6.04. The van der Waals surface area contributed by atoms with Crippen molar-refractivity contribution >= 4 is 40.1 Å². The summed E-state index contributed by atoms with van der Waals surface area (Å²) < 4.78 is 11.9. The Morgan fingerprint density at radius 2 is 1.88 bits per heavy atom. The minimum absolute atomic E-state index is 0.218. The molecular weight excluding hydrogens is 443 g/mol. The fourth-order valence-corrected chi connectivity index (χ4v) is 5.01. The van der Waals surface area contributed by atoms with Crippen molar-refractivity contribution in [3.63, 3.8) is 0 Å². The molecule has 0 spiro atoms. The van der Waals surface area contributed by atoms with E-state index in [4.69, 9.17) is 9.47 Å². The second-order valence-electron chi connectivity index (χ2n) is 6.38. The van der Waals surface area contributed by atoms with E-state index in [1.165, 1.54) is 0 Å². The van der Waals surface area contributed by atoms with E-state index >= 15 is 0 Å². The third-order valence-electron chi connectivity index (χ3n) is 4.94. The lowest BCUT2D eigenvalue weighted by atomic mass is 9.77. The van der Waals surface area contributed by atoms with Gasteiger partial charge in [-0.1, -0.05) is 54.6 Å². The standard InChI is InChI=1S/C21H17IO4/c1-2-25-19(23)21-12-14-10-6-7-11-15(14)16(21)17(22)18(26-20(21)24)13-8-4-3-5-9-13/h3-11,18H,2,12H2,1H3/t18-,21-/m0/s1. The molecule has 0 fully saturated rings. The molecule has 0 N–H and O–H groups in total. The Kier molecular flexibility index (Phi) is 4.34. The van der Waals surface area contributed by atoms with Crippen LogP contribution in [0.4, 0.5) is 0 Å². The van der Waals surface area contributed by atoms with E-state index < -0.39 is 23.5 Å². The Morgan fingerprint density at radius 1 is 1.19 bits per heavy atom. The van der Waals surface area contributed by atoms with Gasteiger partial charge in [-0.05, 0) is 46.2 Å². The molecule has 2 aliphatic rings. The molecular formula is C21H17IO4. The van der Waals surface area contributed by atoms with Gasteiger partial charge in [0, 0.05) is 15.6 Å². The van der Waals surface area contributed by atoms with E-state index in [1.807, 2.05) is 54.6 Å². The highest BCUT2D eigenvalue weighted by atomic mass is 127. The molecule has 0 radical (unpaired) electrons. The summed E-state index contributed by atoms with van der Waals surface area (Å²) in [4.78, 5) is 26.1. The predicted molar refractivity (Wildman–Crippen MR) is 105 cm³/mol. The zero-order chi connectivity index (χ0) is 18.3. The Bertz CT molecular complexity index is 919. The lowest BCUT2D eigenvalue weighted by Gasteiger charge is -2.35. The van der Waals surface area contributed by atoms with Gasteiger partial charge < -0.3 is 9.47 Å². The van der Waals surface area contributed by atoms with Crippen LogP contribution in [0.5, 0.6) is 0 Å². The maximum Gasteiger partial charge on any atom is 0.329 e. The highest BCUT2D eigenvalue weighted by molar-refractivity contribution is 14.1. The molecule has 4 nitrogen and oxygen atoms in total. The molecule has 1 aliphatic heterocycles. The quantitative estimate of drug-likeness (QED) is 0.391. The lowest BCUT2D eigenvalue weighted by molar-refractivity contribution is -0.170. The molecule has 1 heterocycles. The van der Waals surface area contributed by atoms with Crippen molar-refractivity contribution in [2.45, 2.75) is 19.4 Å². The van der Waals surface area contributed by atoms with Gasteiger partial charge in [0.15, 0.2) is 11.5 Å². The van der Waals surface area contributed by atoms with E-state index in [-0.39, 0.29) is 13.0 Å². The molecule has 0 saturated carbocycles. The zero-order valence-corrected chi connectivity index (χ0v) is 16.4. The van der Waals surface area contributed by atoms with Gasteiger partial charge in [-0.2, -0.15) is 0 Å². The van der Waals surface area contributed by atoms with Crippen LogP contribution in [0.1, 0.15) is 29.7 Å². The summed E-state index contributed by atoms with van der Waals surface area (Å²) in [6.07, 6.45) is -0.225. The van der Waals surface area contributed by atoms with Gasteiger partial charge in [-0.3, -0.25) is 9.59 Å². The van der Waals surface area contributed by atoms with Crippen molar-refractivity contribution in [2.24, 2.45) is 5.41 Å². The minimum Gasteiger partial charge on any atom is -0.465 e. The van der Waals surface area contributed by atoms with Gasteiger partial charge in [-0.15, -0.1) is 0 Å². The maximum atomic E-state index is 13.2. The summed E-state index contributed by atoms with van der Waals surface area (Å²) in [5.74, 6) is -1.06. The van der Waals surface area contributed by atoms with Crippen LogP contribution < -0.4 is 0 Å². The first-order chi connectivity index (χ1) is 12.6. The fourth-order valence-electron chi connectivity index (χ4n) is 3.77. The number of hydrogen-bond acceptors (Lipinski definition) is 4. The molecule has 132 valence electrons. The van der Waals surface area contributed by atoms with Crippen LogP contribution in [0.15, 0.2) is 58.2 Å². The maximum absolute atomic E-state index is 13.2. The molecule has 4 rings (SSSR count). The van der Waals surface area contributed by atoms with Crippen LogP contribution in [0.25, 0.3) is 5.57 Å². The van der Waals surface area contributed by atoms with Crippen LogP contribution in [-0.4, -0.2) is 18.5 Å². The highest BCUT2D eigenvalue weighted by Crippen LogP contribution is 2.57. The average Bonchev–Trinajstić information content (AvgIpc) is 3.03. The van der Waals surface area contributed by atoms with Crippen molar-refractivity contribution in [1.82, 2.24) is 0 Å². The molecule has 0 aromatic heterocycles. The summed E-state index contributed by atoms with van der Waals surface area (Å²) >= 11 is 2.21. The monoisotopic (exact) mass is 460 g/mol. The Hall–Kier alpha value is -2.15. The molecule has 26 heavy (non-hydrogen) atoms. The number of hydrogen-bond donors (Lipinski definition) is 0. The number of fused-ring (bicyclic) bond motifs is 3. The smallest absolute Gasteiger partial charge is 0.329 e. The summed E-state index contributed by atoms with van der Waals surface area (Å²) in [6, 6.07) is 17.4. The lowest BCUT2D eigenvalue weighted by Crippen LogP contribution is -2.45. The highest BCUT2D eigenvalue weighted by Gasteiger charge is 2.60. The van der Waals surface area contributed by atoms with E-state index in [0.717, 1.165) is 25.8 Å². The van der Waals surface area contributed by atoms with Crippen LogP contribution in [0.3, 0.4) is 0 Å². The van der Waals surface area contributed by atoms with E-state index in [2.05, 4.69) is 22.6 Å². The largest absolute Gasteiger partial charge is 0.465 e. The van der Waals surface area contributed by atoms with Gasteiger partial charge in [0.1, 0.15) is 0 Å². The van der Waals surface area contributed by atoms with Crippen LogP contribution >= 0.6 is 22.6 Å².